The van der Waals surface area contributed by atoms with Gasteiger partial charge < -0.3 is 5.32 Å². The Hall–Kier alpha value is -2.97. The zero-order chi connectivity index (χ0) is 21.3. The van der Waals surface area contributed by atoms with E-state index in [2.05, 4.69) is 44.3 Å². The molecule has 0 saturated heterocycles. The minimum Gasteiger partial charge on any atom is -0.307 e. The van der Waals surface area contributed by atoms with Crippen LogP contribution in [0.1, 0.15) is 49.3 Å². The molecule has 0 aliphatic heterocycles. The lowest BCUT2D eigenvalue weighted by atomic mass is 9.96. The molecule has 158 valence electrons. The highest BCUT2D eigenvalue weighted by atomic mass is 19.4. The number of rotatable bonds is 5. The first-order valence-electron chi connectivity index (χ1n) is 10.1. The smallest absolute Gasteiger partial charge is 0.307 e. The Kier molecular flexibility index (Phi) is 5.44. The van der Waals surface area contributed by atoms with Gasteiger partial charge in [-0.25, -0.2) is 9.97 Å². The van der Waals surface area contributed by atoms with Crippen LogP contribution in [-0.2, 0) is 25.4 Å². The predicted molar refractivity (Wildman–Crippen MR) is 107 cm³/mol. The van der Waals surface area contributed by atoms with Crippen LogP contribution in [0.15, 0.2) is 24.3 Å². The van der Waals surface area contributed by atoms with Gasteiger partial charge in [0, 0.05) is 23.2 Å². The van der Waals surface area contributed by atoms with Gasteiger partial charge in [-0.15, -0.1) is 5.10 Å². The number of halogens is 3. The van der Waals surface area contributed by atoms with Crippen molar-refractivity contribution in [2.45, 2.75) is 52.1 Å². The van der Waals surface area contributed by atoms with Gasteiger partial charge in [0.2, 0.25) is 5.95 Å². The molecule has 2 aromatic heterocycles. The molecule has 3 aromatic rings. The quantitative estimate of drug-likeness (QED) is 0.605. The molecular weight excluding hydrogens is 393 g/mol. The molecule has 0 saturated carbocycles. The Morgan fingerprint density at radius 3 is 2.60 bits per heavy atom. The summed E-state index contributed by atoms with van der Waals surface area (Å²) in [6, 6.07) is 5.39. The summed E-state index contributed by atoms with van der Waals surface area (Å²) in [5.74, 6) is 2.05. The monoisotopic (exact) mass is 416 g/mol. The van der Waals surface area contributed by atoms with Crippen molar-refractivity contribution in [3.63, 3.8) is 0 Å². The average Bonchev–Trinajstić information content (AvgIpc) is 3.13. The molecule has 0 spiro atoms. The first-order valence-corrected chi connectivity index (χ1v) is 10.1. The number of nitrogens with zero attached hydrogens (tertiary/aromatic N) is 4. The fraction of sp³-hybridized carbons (Fsp3) is 0.429. The Labute approximate surface area is 172 Å². The molecule has 6 nitrogen and oxygen atoms in total. The van der Waals surface area contributed by atoms with Crippen molar-refractivity contribution in [1.29, 1.82) is 0 Å². The summed E-state index contributed by atoms with van der Waals surface area (Å²) < 4.78 is 40.6. The zero-order valence-corrected chi connectivity index (χ0v) is 16.8. The van der Waals surface area contributed by atoms with Crippen molar-refractivity contribution in [1.82, 2.24) is 25.1 Å². The predicted octanol–water partition coefficient (Wildman–Crippen LogP) is 5.10. The van der Waals surface area contributed by atoms with E-state index in [0.717, 1.165) is 48.8 Å². The van der Waals surface area contributed by atoms with Crippen molar-refractivity contribution < 1.29 is 13.2 Å². The average molecular weight is 416 g/mol. The van der Waals surface area contributed by atoms with E-state index >= 15 is 0 Å². The number of hydrogen-bond donors (Lipinski definition) is 2. The third-order valence-corrected chi connectivity index (χ3v) is 5.02. The van der Waals surface area contributed by atoms with E-state index in [9.17, 15) is 13.2 Å². The van der Waals surface area contributed by atoms with Gasteiger partial charge in [0.15, 0.2) is 5.82 Å². The molecule has 0 amide bonds. The highest BCUT2D eigenvalue weighted by molar-refractivity contribution is 5.66. The zero-order valence-electron chi connectivity index (χ0n) is 16.8. The number of alkyl halides is 3. The molecule has 2 N–H and O–H groups in total. The van der Waals surface area contributed by atoms with Crippen molar-refractivity contribution >= 4 is 11.8 Å². The standard InChI is InChI=1S/C21H23F3N6/c1-12(2)11-17-26-20(30-29-17)28-19-14-8-4-6-10-16(14)25-18(27-19)13-7-3-5-9-15(13)21(22,23)24/h3,5,7,9,12H,4,6,8,10-11H2,1-2H3,(H2,25,26,27,28,29,30). The normalized spacial score (nSPS) is 14.1. The second kappa shape index (κ2) is 8.04. The van der Waals surface area contributed by atoms with E-state index in [-0.39, 0.29) is 11.4 Å². The molecule has 0 radical (unpaired) electrons. The number of nitrogens with one attached hydrogen (secondary N) is 2. The first-order chi connectivity index (χ1) is 14.3. The van der Waals surface area contributed by atoms with Gasteiger partial charge in [-0.1, -0.05) is 32.0 Å². The number of anilines is 2. The third-order valence-electron chi connectivity index (χ3n) is 5.02. The summed E-state index contributed by atoms with van der Waals surface area (Å²) in [5.41, 5.74) is 0.925. The maximum absolute atomic E-state index is 13.5. The van der Waals surface area contributed by atoms with E-state index in [1.807, 2.05) is 0 Å². The summed E-state index contributed by atoms with van der Waals surface area (Å²) >= 11 is 0. The number of benzene rings is 1. The van der Waals surface area contributed by atoms with Crippen LogP contribution in [0.4, 0.5) is 24.9 Å². The van der Waals surface area contributed by atoms with Crippen LogP contribution in [0, 0.1) is 5.92 Å². The lowest BCUT2D eigenvalue weighted by Gasteiger charge is -2.20. The van der Waals surface area contributed by atoms with Gasteiger partial charge in [-0.05, 0) is 37.7 Å². The largest absolute Gasteiger partial charge is 0.417 e. The summed E-state index contributed by atoms with van der Waals surface area (Å²) in [6.45, 7) is 4.17. The summed E-state index contributed by atoms with van der Waals surface area (Å²) in [6.07, 6.45) is -0.332. The molecule has 4 rings (SSSR count). The van der Waals surface area contributed by atoms with Crippen molar-refractivity contribution in [2.24, 2.45) is 5.92 Å². The lowest BCUT2D eigenvalue weighted by molar-refractivity contribution is -0.137. The van der Waals surface area contributed by atoms with Gasteiger partial charge in [0.1, 0.15) is 11.6 Å². The van der Waals surface area contributed by atoms with Gasteiger partial charge in [0.25, 0.3) is 0 Å². The second-order valence-corrected chi connectivity index (χ2v) is 7.90. The Balaban J connectivity index is 1.76. The maximum atomic E-state index is 13.5. The number of H-pyrrole nitrogens is 1. The van der Waals surface area contributed by atoms with Crippen LogP contribution in [-0.4, -0.2) is 25.1 Å². The molecule has 0 fully saturated rings. The highest BCUT2D eigenvalue weighted by Crippen LogP contribution is 2.37. The molecule has 1 aliphatic rings. The topological polar surface area (TPSA) is 79.4 Å². The fourth-order valence-electron chi connectivity index (χ4n) is 3.68. The van der Waals surface area contributed by atoms with E-state index in [0.29, 0.717) is 24.1 Å². The lowest BCUT2D eigenvalue weighted by Crippen LogP contribution is -2.14. The van der Waals surface area contributed by atoms with Gasteiger partial charge in [-0.2, -0.15) is 18.2 Å². The number of aromatic nitrogens is 5. The SMILES string of the molecule is CC(C)Cc1nc(Nc2nc(-c3ccccc3C(F)(F)F)nc3c2CCCC3)n[nH]1. The molecule has 2 heterocycles. The van der Waals surface area contributed by atoms with Crippen molar-refractivity contribution in [3.8, 4) is 11.4 Å². The number of aromatic amines is 1. The van der Waals surface area contributed by atoms with Crippen LogP contribution in [0.25, 0.3) is 11.4 Å². The number of fused-ring (bicyclic) bond motifs is 1. The molecule has 30 heavy (non-hydrogen) atoms. The molecular formula is C21H23F3N6. The third kappa shape index (κ3) is 4.29. The van der Waals surface area contributed by atoms with Gasteiger partial charge in [-0.3, -0.25) is 5.10 Å². The van der Waals surface area contributed by atoms with E-state index in [1.54, 1.807) is 6.07 Å². The Bertz CT molecular complexity index is 1040. The molecule has 0 bridgehead atoms. The van der Waals surface area contributed by atoms with Crippen molar-refractivity contribution in [3.05, 3.63) is 46.9 Å². The maximum Gasteiger partial charge on any atom is 0.417 e. The Morgan fingerprint density at radius 1 is 1.07 bits per heavy atom. The van der Waals surface area contributed by atoms with E-state index in [4.69, 9.17) is 0 Å². The van der Waals surface area contributed by atoms with Crippen LogP contribution in [0.3, 0.4) is 0 Å². The van der Waals surface area contributed by atoms with Crippen molar-refractivity contribution in [2.75, 3.05) is 5.32 Å². The van der Waals surface area contributed by atoms with Crippen LogP contribution < -0.4 is 5.32 Å². The fourth-order valence-corrected chi connectivity index (χ4v) is 3.68. The van der Waals surface area contributed by atoms with Crippen LogP contribution >= 0.6 is 0 Å². The van der Waals surface area contributed by atoms with E-state index in [1.165, 1.54) is 12.1 Å². The summed E-state index contributed by atoms with van der Waals surface area (Å²) in [5, 5.41) is 10.2. The van der Waals surface area contributed by atoms with Gasteiger partial charge in [0.05, 0.1) is 5.56 Å². The molecule has 0 atom stereocenters. The summed E-state index contributed by atoms with van der Waals surface area (Å²) in [7, 11) is 0. The molecule has 1 aliphatic carbocycles. The molecule has 1 aromatic carbocycles. The highest BCUT2D eigenvalue weighted by Gasteiger charge is 2.34. The minimum atomic E-state index is -4.49. The van der Waals surface area contributed by atoms with E-state index < -0.39 is 11.7 Å². The molecule has 9 heteroatoms. The second-order valence-electron chi connectivity index (χ2n) is 7.90. The molecule has 0 unspecified atom stereocenters. The Morgan fingerprint density at radius 2 is 1.83 bits per heavy atom. The first kappa shape index (κ1) is 20.3. The summed E-state index contributed by atoms with van der Waals surface area (Å²) in [4.78, 5) is 13.4. The number of hydrogen-bond acceptors (Lipinski definition) is 5. The van der Waals surface area contributed by atoms with Crippen LogP contribution in [0.5, 0.6) is 0 Å². The minimum absolute atomic E-state index is 0.0306. The van der Waals surface area contributed by atoms with Crippen LogP contribution in [0.2, 0.25) is 0 Å². The number of aryl methyl sites for hydroxylation is 1. The van der Waals surface area contributed by atoms with Gasteiger partial charge >= 0.3 is 6.18 Å².